The molecule has 0 N–H and O–H groups in total. The number of carbonyl (C=O) groups excluding carboxylic acids is 1. The van der Waals surface area contributed by atoms with Gasteiger partial charge in [0, 0.05) is 44.1 Å². The third-order valence-electron chi connectivity index (χ3n) is 4.90. The lowest BCUT2D eigenvalue weighted by atomic mass is 10.0. The molecule has 5 nitrogen and oxygen atoms in total. The predicted octanol–water partition coefficient (Wildman–Crippen LogP) is 3.60. The molecule has 0 saturated carbocycles. The fraction of sp³-hybridized carbons (Fsp3) is 0.476. The van der Waals surface area contributed by atoms with Crippen molar-refractivity contribution in [3.8, 4) is 11.5 Å². The van der Waals surface area contributed by atoms with E-state index >= 15 is 0 Å². The number of aromatic nitrogens is 2. The monoisotopic (exact) mass is 417 g/mol. The number of hydrogen-bond acceptors (Lipinski definition) is 4. The summed E-state index contributed by atoms with van der Waals surface area (Å²) in [6.45, 7) is 7.97. The normalized spacial score (nSPS) is 16.4. The van der Waals surface area contributed by atoms with Crippen LogP contribution in [0.4, 0.5) is 14.7 Å². The van der Waals surface area contributed by atoms with Crippen LogP contribution < -0.4 is 10.5 Å². The van der Waals surface area contributed by atoms with Gasteiger partial charge in [-0.2, -0.15) is 0 Å². The van der Waals surface area contributed by atoms with Gasteiger partial charge in [-0.1, -0.05) is 25.6 Å². The van der Waals surface area contributed by atoms with Gasteiger partial charge in [0.1, 0.15) is 8.07 Å². The lowest BCUT2D eigenvalue weighted by Gasteiger charge is -2.33. The van der Waals surface area contributed by atoms with Crippen molar-refractivity contribution >= 4 is 30.7 Å². The number of piperidine rings is 1. The van der Waals surface area contributed by atoms with Gasteiger partial charge in [0.05, 0.1) is 10.9 Å². The highest BCUT2D eigenvalue weighted by atomic mass is 28.3. The highest BCUT2D eigenvalue weighted by Crippen LogP contribution is 2.30. The van der Waals surface area contributed by atoms with E-state index in [4.69, 9.17) is 0 Å². The number of fused-ring (bicyclic) bond motifs is 1. The van der Waals surface area contributed by atoms with Crippen molar-refractivity contribution in [2.75, 3.05) is 18.0 Å². The molecule has 2 aromatic rings. The van der Waals surface area contributed by atoms with Gasteiger partial charge in [0.25, 0.3) is 11.5 Å². The summed E-state index contributed by atoms with van der Waals surface area (Å²) in [5.41, 5.74) is 4.15. The first-order valence-corrected chi connectivity index (χ1v) is 13.1. The molecular formula is C21H25F2N3O2Si. The number of rotatable bonds is 2. The molecule has 2 heterocycles. The van der Waals surface area contributed by atoms with Crippen molar-refractivity contribution in [1.29, 1.82) is 0 Å². The summed E-state index contributed by atoms with van der Waals surface area (Å²) in [7, 11) is -0.0587. The van der Waals surface area contributed by atoms with Crippen LogP contribution in [0.2, 0.25) is 19.6 Å². The standard InChI is InChI=1S/C21H25F2N3O2Si/c1-14(27)16-12-15(6-11-29(3,4)5)13-17-18(16)24-20(25(2)19(17)28)26-9-7-21(22,23)8-10-26/h12-13H,7-10H2,1-5H3. The van der Waals surface area contributed by atoms with Gasteiger partial charge in [0.15, 0.2) is 5.78 Å². The van der Waals surface area contributed by atoms with E-state index < -0.39 is 14.0 Å². The quantitative estimate of drug-likeness (QED) is 0.426. The van der Waals surface area contributed by atoms with Crippen molar-refractivity contribution in [1.82, 2.24) is 9.55 Å². The number of anilines is 1. The lowest BCUT2D eigenvalue weighted by Crippen LogP contribution is -2.42. The molecule has 3 rings (SSSR count). The van der Waals surface area contributed by atoms with Crippen LogP contribution >= 0.6 is 0 Å². The van der Waals surface area contributed by atoms with E-state index in [0.717, 1.165) is 0 Å². The van der Waals surface area contributed by atoms with E-state index in [1.165, 1.54) is 11.5 Å². The van der Waals surface area contributed by atoms with Crippen molar-refractivity contribution in [2.24, 2.45) is 7.05 Å². The summed E-state index contributed by atoms with van der Waals surface area (Å²) in [5.74, 6) is 0.490. The summed E-state index contributed by atoms with van der Waals surface area (Å²) in [5, 5.41) is 0.311. The fourth-order valence-electron chi connectivity index (χ4n) is 3.28. The molecule has 1 fully saturated rings. The van der Waals surface area contributed by atoms with Crippen LogP contribution in [-0.4, -0.2) is 42.4 Å². The van der Waals surface area contributed by atoms with E-state index in [9.17, 15) is 18.4 Å². The number of carbonyl (C=O) groups is 1. The zero-order chi connectivity index (χ0) is 21.6. The minimum atomic E-state index is -2.69. The van der Waals surface area contributed by atoms with Crippen LogP contribution in [-0.2, 0) is 7.05 Å². The first-order valence-electron chi connectivity index (χ1n) is 9.60. The third kappa shape index (κ3) is 4.56. The Hall–Kier alpha value is -2.53. The van der Waals surface area contributed by atoms with Gasteiger partial charge in [-0.05, 0) is 19.1 Å². The number of nitrogens with zero attached hydrogens (tertiary/aromatic N) is 3. The Labute approximate surface area is 169 Å². The van der Waals surface area contributed by atoms with Gasteiger partial charge in [-0.25, -0.2) is 13.8 Å². The molecule has 0 bridgehead atoms. The Bertz CT molecular complexity index is 1100. The van der Waals surface area contributed by atoms with Gasteiger partial charge in [0.2, 0.25) is 5.95 Å². The second-order valence-corrected chi connectivity index (χ2v) is 13.3. The number of benzene rings is 1. The lowest BCUT2D eigenvalue weighted by molar-refractivity contribution is -0.0223. The minimum Gasteiger partial charge on any atom is -0.342 e. The second kappa shape index (κ2) is 7.37. The molecule has 0 spiro atoms. The van der Waals surface area contributed by atoms with E-state index in [0.29, 0.717) is 28.0 Å². The minimum absolute atomic E-state index is 0.105. The summed E-state index contributed by atoms with van der Waals surface area (Å²) in [6, 6.07) is 3.33. The molecule has 8 heteroatoms. The molecule has 0 radical (unpaired) electrons. The molecule has 0 aliphatic carbocycles. The zero-order valence-corrected chi connectivity index (χ0v) is 18.4. The number of halogens is 2. The van der Waals surface area contributed by atoms with Gasteiger partial charge < -0.3 is 4.90 Å². The Balaban J connectivity index is 2.18. The van der Waals surface area contributed by atoms with Crippen molar-refractivity contribution in [3.63, 3.8) is 0 Å². The Kier molecular flexibility index (Phi) is 5.39. The van der Waals surface area contributed by atoms with Gasteiger partial charge in [-0.15, -0.1) is 5.54 Å². The van der Waals surface area contributed by atoms with E-state index in [-0.39, 0.29) is 37.3 Å². The smallest absolute Gasteiger partial charge is 0.262 e. The maximum absolute atomic E-state index is 13.5. The predicted molar refractivity (Wildman–Crippen MR) is 114 cm³/mol. The molecule has 1 aromatic carbocycles. The van der Waals surface area contributed by atoms with Crippen LogP contribution in [0.5, 0.6) is 0 Å². The fourth-order valence-corrected chi connectivity index (χ4v) is 3.80. The Morgan fingerprint density at radius 1 is 1.21 bits per heavy atom. The van der Waals surface area contributed by atoms with Gasteiger partial charge >= 0.3 is 0 Å². The van der Waals surface area contributed by atoms with Gasteiger partial charge in [-0.3, -0.25) is 14.2 Å². The molecule has 1 saturated heterocycles. The maximum Gasteiger partial charge on any atom is 0.262 e. The largest absolute Gasteiger partial charge is 0.342 e. The Morgan fingerprint density at radius 3 is 2.38 bits per heavy atom. The molecular weight excluding hydrogens is 392 g/mol. The first-order chi connectivity index (χ1) is 13.4. The Morgan fingerprint density at radius 2 is 1.83 bits per heavy atom. The van der Waals surface area contributed by atoms with E-state index in [1.807, 2.05) is 0 Å². The third-order valence-corrected chi connectivity index (χ3v) is 5.77. The molecule has 1 aliphatic heterocycles. The van der Waals surface area contributed by atoms with Crippen LogP contribution in [0, 0.1) is 11.5 Å². The molecule has 1 aromatic heterocycles. The molecule has 0 unspecified atom stereocenters. The zero-order valence-electron chi connectivity index (χ0n) is 17.4. The highest BCUT2D eigenvalue weighted by Gasteiger charge is 2.35. The summed E-state index contributed by atoms with van der Waals surface area (Å²) in [6.07, 6.45) is -0.572. The molecule has 29 heavy (non-hydrogen) atoms. The summed E-state index contributed by atoms with van der Waals surface area (Å²) < 4.78 is 28.4. The van der Waals surface area contributed by atoms with Crippen molar-refractivity contribution in [3.05, 3.63) is 33.6 Å². The molecule has 1 aliphatic rings. The van der Waals surface area contributed by atoms with E-state index in [2.05, 4.69) is 36.1 Å². The number of hydrogen-bond donors (Lipinski definition) is 0. The SMILES string of the molecule is CC(=O)c1cc(C#C[Si](C)(C)C)cc2c(=O)n(C)c(N3CCC(F)(F)CC3)nc12. The van der Waals surface area contributed by atoms with Crippen LogP contribution in [0.1, 0.15) is 35.7 Å². The van der Waals surface area contributed by atoms with Crippen molar-refractivity contribution in [2.45, 2.75) is 45.3 Å². The number of ketones is 1. The molecule has 0 amide bonds. The van der Waals surface area contributed by atoms with Crippen LogP contribution in [0.3, 0.4) is 0 Å². The average molecular weight is 418 g/mol. The molecule has 0 atom stereocenters. The van der Waals surface area contributed by atoms with Crippen LogP contribution in [0.15, 0.2) is 16.9 Å². The van der Waals surface area contributed by atoms with Crippen LogP contribution in [0.25, 0.3) is 10.9 Å². The average Bonchev–Trinajstić information content (AvgIpc) is 2.62. The second-order valence-electron chi connectivity index (χ2n) is 8.60. The topological polar surface area (TPSA) is 55.2 Å². The van der Waals surface area contributed by atoms with E-state index in [1.54, 1.807) is 24.1 Å². The summed E-state index contributed by atoms with van der Waals surface area (Å²) >= 11 is 0. The number of alkyl halides is 2. The number of Topliss-reactive ketones (excluding diaryl/α,β-unsaturated/α-hetero) is 1. The summed E-state index contributed by atoms with van der Waals surface area (Å²) in [4.78, 5) is 31.6. The maximum atomic E-state index is 13.5. The molecule has 154 valence electrons. The first kappa shape index (κ1) is 21.2. The van der Waals surface area contributed by atoms with Crippen molar-refractivity contribution < 1.29 is 13.6 Å². The highest BCUT2D eigenvalue weighted by molar-refractivity contribution is 6.83.